The Morgan fingerprint density at radius 3 is 2.85 bits per heavy atom. The molecule has 0 radical (unpaired) electrons. The molecule has 4 nitrogen and oxygen atoms in total. The molecule has 1 unspecified atom stereocenters. The number of anilines is 1. The van der Waals surface area contributed by atoms with Crippen LogP contribution in [0.1, 0.15) is 29.5 Å². The number of halogens is 1. The minimum Gasteiger partial charge on any atom is -0.478 e. The highest BCUT2D eigenvalue weighted by Crippen LogP contribution is 2.21. The fourth-order valence-corrected chi connectivity index (χ4v) is 1.98. The second kappa shape index (κ2) is 6.23. The van der Waals surface area contributed by atoms with Gasteiger partial charge in [-0.3, -0.25) is 0 Å². The van der Waals surface area contributed by atoms with Crippen LogP contribution in [-0.4, -0.2) is 17.1 Å². The predicted molar refractivity (Wildman–Crippen MR) is 73.5 cm³/mol. The first kappa shape index (κ1) is 14.1. The molecule has 1 aromatic carbocycles. The Morgan fingerprint density at radius 1 is 1.40 bits per heavy atom. The van der Waals surface area contributed by atoms with Gasteiger partial charge in [-0.1, -0.05) is 6.07 Å². The third-order valence-corrected chi connectivity index (χ3v) is 3.04. The highest BCUT2D eigenvalue weighted by molar-refractivity contribution is 5.94. The van der Waals surface area contributed by atoms with Crippen molar-refractivity contribution in [2.45, 2.75) is 25.8 Å². The third-order valence-electron chi connectivity index (χ3n) is 3.04. The van der Waals surface area contributed by atoms with Crippen molar-refractivity contribution in [2.75, 3.05) is 5.32 Å². The SMILES string of the molecule is CC(CCc1ccco1)Nc1c(F)cccc1C(=O)O. The zero-order chi connectivity index (χ0) is 14.5. The van der Waals surface area contributed by atoms with Crippen LogP contribution >= 0.6 is 0 Å². The molecule has 20 heavy (non-hydrogen) atoms. The lowest BCUT2D eigenvalue weighted by molar-refractivity contribution is 0.0697. The van der Waals surface area contributed by atoms with Gasteiger partial charge in [0.25, 0.3) is 0 Å². The summed E-state index contributed by atoms with van der Waals surface area (Å²) in [6, 6.07) is 7.62. The van der Waals surface area contributed by atoms with Gasteiger partial charge in [-0.05, 0) is 37.6 Å². The monoisotopic (exact) mass is 277 g/mol. The van der Waals surface area contributed by atoms with E-state index in [4.69, 9.17) is 9.52 Å². The molecule has 2 rings (SSSR count). The Kier molecular flexibility index (Phi) is 4.40. The molecule has 0 aliphatic heterocycles. The number of aromatic carboxylic acids is 1. The van der Waals surface area contributed by atoms with Crippen molar-refractivity contribution in [3.63, 3.8) is 0 Å². The number of benzene rings is 1. The largest absolute Gasteiger partial charge is 0.478 e. The molecule has 0 aliphatic rings. The molecule has 2 aromatic rings. The van der Waals surface area contributed by atoms with Crippen LogP contribution in [0.15, 0.2) is 41.0 Å². The topological polar surface area (TPSA) is 62.5 Å². The molecular formula is C15H16FNO3. The number of hydrogen-bond donors (Lipinski definition) is 2. The molecule has 1 aromatic heterocycles. The second-order valence-electron chi connectivity index (χ2n) is 4.63. The maximum atomic E-state index is 13.7. The molecule has 1 atom stereocenters. The summed E-state index contributed by atoms with van der Waals surface area (Å²) >= 11 is 0. The van der Waals surface area contributed by atoms with Crippen LogP contribution in [0.4, 0.5) is 10.1 Å². The van der Waals surface area contributed by atoms with E-state index in [9.17, 15) is 9.18 Å². The van der Waals surface area contributed by atoms with E-state index in [1.807, 2.05) is 19.1 Å². The van der Waals surface area contributed by atoms with Gasteiger partial charge in [0.15, 0.2) is 0 Å². The number of rotatable bonds is 6. The van der Waals surface area contributed by atoms with E-state index in [1.54, 1.807) is 6.26 Å². The Morgan fingerprint density at radius 2 is 2.20 bits per heavy atom. The van der Waals surface area contributed by atoms with Gasteiger partial charge in [0.1, 0.15) is 11.6 Å². The lowest BCUT2D eigenvalue weighted by atomic mass is 10.1. The lowest BCUT2D eigenvalue weighted by Gasteiger charge is -2.17. The van der Waals surface area contributed by atoms with Gasteiger partial charge in [-0.15, -0.1) is 0 Å². The van der Waals surface area contributed by atoms with Crippen LogP contribution in [0.25, 0.3) is 0 Å². The smallest absolute Gasteiger partial charge is 0.337 e. The summed E-state index contributed by atoms with van der Waals surface area (Å²) in [7, 11) is 0. The van der Waals surface area contributed by atoms with Crippen LogP contribution in [0.5, 0.6) is 0 Å². The Labute approximate surface area is 116 Å². The highest BCUT2D eigenvalue weighted by atomic mass is 19.1. The van der Waals surface area contributed by atoms with Gasteiger partial charge in [-0.25, -0.2) is 9.18 Å². The quantitative estimate of drug-likeness (QED) is 0.847. The summed E-state index contributed by atoms with van der Waals surface area (Å²) in [5.41, 5.74) is -0.0261. The second-order valence-corrected chi connectivity index (χ2v) is 4.63. The number of aryl methyl sites for hydroxylation is 1. The molecule has 0 fully saturated rings. The summed E-state index contributed by atoms with van der Waals surface area (Å²) in [4.78, 5) is 11.1. The van der Waals surface area contributed by atoms with E-state index >= 15 is 0 Å². The zero-order valence-corrected chi connectivity index (χ0v) is 11.1. The number of furan rings is 1. The third kappa shape index (κ3) is 3.38. The number of nitrogens with one attached hydrogen (secondary N) is 1. The van der Waals surface area contributed by atoms with E-state index in [1.165, 1.54) is 18.2 Å². The van der Waals surface area contributed by atoms with Crippen molar-refractivity contribution in [1.82, 2.24) is 0 Å². The van der Waals surface area contributed by atoms with E-state index < -0.39 is 11.8 Å². The van der Waals surface area contributed by atoms with Crippen LogP contribution in [0, 0.1) is 5.82 Å². The predicted octanol–water partition coefficient (Wildman–Crippen LogP) is 3.55. The first-order valence-corrected chi connectivity index (χ1v) is 6.38. The molecule has 0 aliphatic carbocycles. The van der Waals surface area contributed by atoms with Gasteiger partial charge >= 0.3 is 5.97 Å². The summed E-state index contributed by atoms with van der Waals surface area (Å²) < 4.78 is 19.0. The summed E-state index contributed by atoms with van der Waals surface area (Å²) in [6.07, 6.45) is 3.02. The van der Waals surface area contributed by atoms with Gasteiger partial charge in [0.2, 0.25) is 0 Å². The number of carboxylic acids is 1. The maximum Gasteiger partial charge on any atom is 0.337 e. The van der Waals surface area contributed by atoms with Gasteiger partial charge in [0.05, 0.1) is 17.5 Å². The van der Waals surface area contributed by atoms with Gasteiger partial charge < -0.3 is 14.8 Å². The van der Waals surface area contributed by atoms with Crippen molar-refractivity contribution in [1.29, 1.82) is 0 Å². The molecule has 106 valence electrons. The average molecular weight is 277 g/mol. The first-order valence-electron chi connectivity index (χ1n) is 6.38. The van der Waals surface area contributed by atoms with E-state index in [2.05, 4.69) is 5.32 Å². The van der Waals surface area contributed by atoms with Gasteiger partial charge in [-0.2, -0.15) is 0 Å². The molecule has 2 N–H and O–H groups in total. The minimum absolute atomic E-state index is 0.0342. The Balaban J connectivity index is 2.03. The molecule has 0 saturated carbocycles. The van der Waals surface area contributed by atoms with Crippen molar-refractivity contribution < 1.29 is 18.7 Å². The zero-order valence-electron chi connectivity index (χ0n) is 11.1. The molecule has 0 saturated heterocycles. The summed E-state index contributed by atoms with van der Waals surface area (Å²) in [5, 5.41) is 12.0. The van der Waals surface area contributed by atoms with Crippen molar-refractivity contribution in [2.24, 2.45) is 0 Å². The molecule has 0 spiro atoms. The van der Waals surface area contributed by atoms with Crippen LogP contribution in [0.2, 0.25) is 0 Å². The first-order chi connectivity index (χ1) is 9.58. The van der Waals surface area contributed by atoms with E-state index in [0.29, 0.717) is 12.8 Å². The molecule has 1 heterocycles. The number of carbonyl (C=O) groups is 1. The Hall–Kier alpha value is -2.30. The van der Waals surface area contributed by atoms with Crippen molar-refractivity contribution in [3.8, 4) is 0 Å². The lowest BCUT2D eigenvalue weighted by Crippen LogP contribution is -2.19. The summed E-state index contributed by atoms with van der Waals surface area (Å²) in [6.45, 7) is 1.88. The van der Waals surface area contributed by atoms with Crippen molar-refractivity contribution in [3.05, 3.63) is 53.7 Å². The van der Waals surface area contributed by atoms with Crippen LogP contribution in [0.3, 0.4) is 0 Å². The molecule has 0 amide bonds. The number of hydrogen-bond acceptors (Lipinski definition) is 3. The van der Waals surface area contributed by atoms with Gasteiger partial charge in [0, 0.05) is 12.5 Å². The maximum absolute atomic E-state index is 13.7. The molecule has 0 bridgehead atoms. The van der Waals surface area contributed by atoms with Crippen LogP contribution in [-0.2, 0) is 6.42 Å². The highest BCUT2D eigenvalue weighted by Gasteiger charge is 2.16. The number of carboxylic acid groups (broad SMARTS) is 1. The van der Waals surface area contributed by atoms with E-state index in [0.717, 1.165) is 5.76 Å². The summed E-state index contributed by atoms with van der Waals surface area (Å²) in [5.74, 6) is -0.856. The minimum atomic E-state index is -1.15. The Bertz CT molecular complexity index is 581. The molecule has 5 heteroatoms. The fourth-order valence-electron chi connectivity index (χ4n) is 1.98. The number of para-hydroxylation sites is 1. The average Bonchev–Trinajstić information content (AvgIpc) is 2.91. The standard InChI is InChI=1S/C15H16FNO3/c1-10(7-8-11-4-3-9-20-11)17-14-12(15(18)19)5-2-6-13(14)16/h2-6,9-10,17H,7-8H2,1H3,(H,18,19). The normalized spacial score (nSPS) is 12.1. The van der Waals surface area contributed by atoms with Crippen LogP contribution < -0.4 is 5.32 Å². The molecular weight excluding hydrogens is 261 g/mol. The fraction of sp³-hybridized carbons (Fsp3) is 0.267. The van der Waals surface area contributed by atoms with E-state index in [-0.39, 0.29) is 17.3 Å². The van der Waals surface area contributed by atoms with Crippen molar-refractivity contribution >= 4 is 11.7 Å².